The first-order chi connectivity index (χ1) is 17.2. The van der Waals surface area contributed by atoms with E-state index in [0.29, 0.717) is 5.02 Å². The number of halogens is 2. The predicted molar refractivity (Wildman–Crippen MR) is 134 cm³/mol. The molecule has 1 aliphatic rings. The second kappa shape index (κ2) is 9.56. The average Bonchev–Trinajstić information content (AvgIpc) is 3.55. The van der Waals surface area contributed by atoms with Crippen molar-refractivity contribution in [3.8, 4) is 11.7 Å². The molecule has 9 nitrogen and oxygen atoms in total. The molecule has 4 aromatic rings. The fourth-order valence-corrected chi connectivity index (χ4v) is 7.19. The quantitative estimate of drug-likeness (QED) is 0.332. The number of furan rings is 1. The largest absolute Gasteiger partial charge is 0.459 e. The fourth-order valence-electron chi connectivity index (χ4n) is 3.83. The van der Waals surface area contributed by atoms with E-state index in [1.165, 1.54) is 47.0 Å². The van der Waals surface area contributed by atoms with Crippen LogP contribution < -0.4 is 4.90 Å². The van der Waals surface area contributed by atoms with Gasteiger partial charge in [-0.1, -0.05) is 35.3 Å². The minimum Gasteiger partial charge on any atom is -0.459 e. The van der Waals surface area contributed by atoms with Crippen molar-refractivity contribution < 1.29 is 25.7 Å². The molecule has 3 heterocycles. The first-order valence-corrected chi connectivity index (χ1v) is 14.4. The molecule has 0 atom stereocenters. The van der Waals surface area contributed by atoms with Crippen LogP contribution in [0.4, 0.5) is 5.88 Å². The van der Waals surface area contributed by atoms with E-state index in [2.05, 4.69) is 4.98 Å². The number of oxazole rings is 1. The third-order valence-electron chi connectivity index (χ3n) is 5.67. The number of sulfone groups is 1. The molecular weight excluding hydrogens is 549 g/mol. The lowest BCUT2D eigenvalue weighted by atomic mass is 10.4. The van der Waals surface area contributed by atoms with E-state index < -0.39 is 19.9 Å². The molecule has 2 aromatic heterocycles. The number of benzene rings is 2. The number of nitrogens with zero attached hydrogens (tertiary/aromatic N) is 3. The van der Waals surface area contributed by atoms with Gasteiger partial charge in [0.25, 0.3) is 5.89 Å². The van der Waals surface area contributed by atoms with E-state index in [-0.39, 0.29) is 63.6 Å². The van der Waals surface area contributed by atoms with Crippen LogP contribution in [0.3, 0.4) is 0 Å². The van der Waals surface area contributed by atoms with Crippen LogP contribution in [0.5, 0.6) is 0 Å². The SMILES string of the molecule is O=S(=O)(c1ccc(Cl)cc1)c1nc(-c2ccco2)oc1N1CCN(S(=O)(=O)c2ccccc2Cl)CC1. The summed E-state index contributed by atoms with van der Waals surface area (Å²) < 4.78 is 65.8. The Balaban J connectivity index is 1.48. The summed E-state index contributed by atoms with van der Waals surface area (Å²) in [5.74, 6) is 0.258. The number of rotatable bonds is 6. The van der Waals surface area contributed by atoms with E-state index >= 15 is 0 Å². The predicted octanol–water partition coefficient (Wildman–Crippen LogP) is 4.59. The maximum atomic E-state index is 13.5. The van der Waals surface area contributed by atoms with Crippen LogP contribution in [-0.4, -0.2) is 52.3 Å². The number of sulfonamides is 1. The van der Waals surface area contributed by atoms with Crippen LogP contribution in [0, 0.1) is 0 Å². The van der Waals surface area contributed by atoms with Gasteiger partial charge in [0.1, 0.15) is 4.90 Å². The molecule has 1 saturated heterocycles. The highest BCUT2D eigenvalue weighted by molar-refractivity contribution is 7.91. The van der Waals surface area contributed by atoms with Gasteiger partial charge in [0.2, 0.25) is 30.8 Å². The molecule has 0 unspecified atom stereocenters. The lowest BCUT2D eigenvalue weighted by Crippen LogP contribution is -2.48. The van der Waals surface area contributed by atoms with Crippen LogP contribution in [0.1, 0.15) is 0 Å². The molecular formula is C23H19Cl2N3O6S2. The molecule has 0 aliphatic carbocycles. The molecule has 2 aromatic carbocycles. The van der Waals surface area contributed by atoms with Crippen LogP contribution in [0.15, 0.2) is 90.6 Å². The Labute approximate surface area is 217 Å². The van der Waals surface area contributed by atoms with Crippen LogP contribution in [0.25, 0.3) is 11.7 Å². The van der Waals surface area contributed by atoms with Crippen molar-refractivity contribution in [3.05, 3.63) is 77.0 Å². The summed E-state index contributed by atoms with van der Waals surface area (Å²) in [6, 6.07) is 15.2. The van der Waals surface area contributed by atoms with Crippen molar-refractivity contribution in [2.45, 2.75) is 14.8 Å². The second-order valence-electron chi connectivity index (χ2n) is 7.89. The first kappa shape index (κ1) is 24.8. The van der Waals surface area contributed by atoms with E-state index in [9.17, 15) is 16.8 Å². The molecule has 13 heteroatoms. The normalized spacial score (nSPS) is 15.3. The summed E-state index contributed by atoms with van der Waals surface area (Å²) in [6.07, 6.45) is 1.42. The average molecular weight is 568 g/mol. The molecule has 0 N–H and O–H groups in total. The van der Waals surface area contributed by atoms with Gasteiger partial charge in [0, 0.05) is 31.2 Å². The van der Waals surface area contributed by atoms with Crippen LogP contribution >= 0.6 is 23.2 Å². The van der Waals surface area contributed by atoms with Crippen molar-refractivity contribution in [2.75, 3.05) is 31.1 Å². The zero-order chi connectivity index (χ0) is 25.5. The Kier molecular flexibility index (Phi) is 6.60. The molecule has 188 valence electrons. The Morgan fingerprint density at radius 2 is 1.53 bits per heavy atom. The third-order valence-corrected chi connectivity index (χ3v) is 9.99. The van der Waals surface area contributed by atoms with Gasteiger partial charge in [-0.25, -0.2) is 16.8 Å². The summed E-state index contributed by atoms with van der Waals surface area (Å²) >= 11 is 12.0. The highest BCUT2D eigenvalue weighted by atomic mass is 35.5. The minimum absolute atomic E-state index is 0.00569. The van der Waals surface area contributed by atoms with Gasteiger partial charge in [-0.15, -0.1) is 0 Å². The molecule has 0 amide bonds. The number of piperazine rings is 1. The van der Waals surface area contributed by atoms with Crippen molar-refractivity contribution >= 4 is 48.9 Å². The highest BCUT2D eigenvalue weighted by Gasteiger charge is 2.36. The number of aromatic nitrogens is 1. The standard InChI is InChI=1S/C23H19Cl2N3O6S2/c24-16-7-9-17(10-8-16)35(29,30)22-23(34-21(26-22)19-5-3-15-33-19)27-11-13-28(14-12-27)36(31,32)20-6-2-1-4-18(20)25/h1-10,15H,11-14H2. The van der Waals surface area contributed by atoms with Gasteiger partial charge >= 0.3 is 0 Å². The maximum Gasteiger partial charge on any atom is 0.266 e. The van der Waals surface area contributed by atoms with E-state index in [1.807, 2.05) is 0 Å². The molecule has 0 radical (unpaired) electrons. The van der Waals surface area contributed by atoms with Crippen molar-refractivity contribution in [2.24, 2.45) is 0 Å². The second-order valence-corrected chi connectivity index (χ2v) is 12.5. The summed E-state index contributed by atoms with van der Waals surface area (Å²) in [7, 11) is -7.92. The lowest BCUT2D eigenvalue weighted by molar-refractivity contribution is 0.372. The topological polar surface area (TPSA) is 114 Å². The van der Waals surface area contributed by atoms with Gasteiger partial charge in [-0.3, -0.25) is 0 Å². The van der Waals surface area contributed by atoms with Gasteiger partial charge < -0.3 is 13.7 Å². The van der Waals surface area contributed by atoms with Crippen molar-refractivity contribution in [1.82, 2.24) is 9.29 Å². The Bertz CT molecular complexity index is 1590. The number of hydrogen-bond acceptors (Lipinski definition) is 8. The van der Waals surface area contributed by atoms with E-state index in [4.69, 9.17) is 32.0 Å². The van der Waals surface area contributed by atoms with Crippen LogP contribution in [-0.2, 0) is 19.9 Å². The zero-order valence-corrected chi connectivity index (χ0v) is 21.7. The molecule has 0 bridgehead atoms. The first-order valence-electron chi connectivity index (χ1n) is 10.7. The van der Waals surface area contributed by atoms with Gasteiger partial charge in [-0.2, -0.15) is 9.29 Å². The summed E-state index contributed by atoms with van der Waals surface area (Å²) in [5, 5.41) is 0.231. The Morgan fingerprint density at radius 3 is 2.17 bits per heavy atom. The zero-order valence-electron chi connectivity index (χ0n) is 18.5. The molecule has 36 heavy (non-hydrogen) atoms. The molecule has 0 spiro atoms. The Morgan fingerprint density at radius 1 is 0.833 bits per heavy atom. The lowest BCUT2D eigenvalue weighted by Gasteiger charge is -2.34. The minimum atomic E-state index is -4.09. The molecule has 0 saturated carbocycles. The van der Waals surface area contributed by atoms with E-state index in [0.717, 1.165) is 0 Å². The Hall–Kier alpha value is -2.83. The summed E-state index contributed by atoms with van der Waals surface area (Å²) in [5.41, 5.74) is 0. The van der Waals surface area contributed by atoms with Crippen molar-refractivity contribution in [3.63, 3.8) is 0 Å². The highest BCUT2D eigenvalue weighted by Crippen LogP contribution is 2.36. The molecule has 5 rings (SSSR count). The van der Waals surface area contributed by atoms with E-state index in [1.54, 1.807) is 29.2 Å². The monoisotopic (exact) mass is 567 g/mol. The summed E-state index contributed by atoms with van der Waals surface area (Å²) in [6.45, 7) is 0.509. The van der Waals surface area contributed by atoms with Gasteiger partial charge in [0.15, 0.2) is 5.76 Å². The number of anilines is 1. The van der Waals surface area contributed by atoms with Gasteiger partial charge in [-0.05, 0) is 48.5 Å². The molecule has 1 fully saturated rings. The number of hydrogen-bond donors (Lipinski definition) is 0. The third kappa shape index (κ3) is 4.53. The summed E-state index contributed by atoms with van der Waals surface area (Å²) in [4.78, 5) is 5.92. The maximum absolute atomic E-state index is 13.5. The molecule has 1 aliphatic heterocycles. The van der Waals surface area contributed by atoms with Crippen molar-refractivity contribution in [1.29, 1.82) is 0 Å². The fraction of sp³-hybridized carbons (Fsp3) is 0.174. The van der Waals surface area contributed by atoms with Crippen LogP contribution in [0.2, 0.25) is 10.0 Å². The van der Waals surface area contributed by atoms with Gasteiger partial charge in [0.05, 0.1) is 16.2 Å². The smallest absolute Gasteiger partial charge is 0.266 e.